The number of carbonyl (C=O) groups is 1. The lowest BCUT2D eigenvalue weighted by Gasteiger charge is -2.20. The van der Waals surface area contributed by atoms with Gasteiger partial charge in [0.05, 0.1) is 24.1 Å². The number of aryl methyl sites for hydroxylation is 1. The monoisotopic (exact) mass is 389 g/mol. The first kappa shape index (κ1) is 19.1. The van der Waals surface area contributed by atoms with Crippen LogP contribution in [-0.2, 0) is 9.53 Å². The summed E-state index contributed by atoms with van der Waals surface area (Å²) < 4.78 is 57.6. The van der Waals surface area contributed by atoms with Gasteiger partial charge in [-0.2, -0.15) is 13.2 Å². The Balaban J connectivity index is 1.75. The number of alkyl halides is 3. The van der Waals surface area contributed by atoms with Gasteiger partial charge >= 0.3 is 6.18 Å². The molecule has 1 amide bonds. The highest BCUT2D eigenvalue weighted by atomic mass is 32.2. The predicted octanol–water partition coefficient (Wildman–Crippen LogP) is 4.98. The molecular weight excluding hydrogens is 370 g/mol. The van der Waals surface area contributed by atoms with Gasteiger partial charge in [-0.25, -0.2) is 4.39 Å². The molecule has 26 heavy (non-hydrogen) atoms. The third-order valence-electron chi connectivity index (χ3n) is 4.41. The van der Waals surface area contributed by atoms with E-state index in [1.54, 1.807) is 6.92 Å². The van der Waals surface area contributed by atoms with Gasteiger partial charge in [-0.3, -0.25) is 9.69 Å². The first-order valence-corrected chi connectivity index (χ1v) is 9.40. The molecule has 1 aliphatic carbocycles. The standard InChI is InChI=1S/C18H19F4NO2S/c1-11-6-14(19)15(8-16(11)26-10-18(20,21)22)23-9-13(7-17(23)24)25-12-4-2-3-5-12/h6-8,12H,2-5,9-10H2,1H3. The molecule has 1 aliphatic heterocycles. The smallest absolute Gasteiger partial charge is 0.398 e. The zero-order valence-electron chi connectivity index (χ0n) is 14.2. The van der Waals surface area contributed by atoms with Gasteiger partial charge in [-0.15, -0.1) is 11.8 Å². The molecule has 3 rings (SSSR count). The van der Waals surface area contributed by atoms with E-state index in [-0.39, 0.29) is 18.3 Å². The lowest BCUT2D eigenvalue weighted by Crippen LogP contribution is -2.27. The van der Waals surface area contributed by atoms with E-state index in [1.165, 1.54) is 17.0 Å². The van der Waals surface area contributed by atoms with Crippen molar-refractivity contribution >= 4 is 23.4 Å². The minimum atomic E-state index is -4.32. The van der Waals surface area contributed by atoms with E-state index >= 15 is 0 Å². The molecule has 0 bridgehead atoms. The van der Waals surface area contributed by atoms with Crippen molar-refractivity contribution in [1.29, 1.82) is 0 Å². The first-order chi connectivity index (χ1) is 12.2. The minimum absolute atomic E-state index is 0.0217. The SMILES string of the molecule is Cc1cc(F)c(N2CC(OC3CCCC3)=CC2=O)cc1SCC(F)(F)F. The Morgan fingerprint density at radius 2 is 1.96 bits per heavy atom. The summed E-state index contributed by atoms with van der Waals surface area (Å²) in [6.07, 6.45) is 1.13. The zero-order chi connectivity index (χ0) is 18.9. The topological polar surface area (TPSA) is 29.5 Å². The van der Waals surface area contributed by atoms with Crippen LogP contribution in [0, 0.1) is 12.7 Å². The second kappa shape index (κ2) is 7.50. The molecule has 0 N–H and O–H groups in total. The molecule has 8 heteroatoms. The summed E-state index contributed by atoms with van der Waals surface area (Å²) in [5, 5.41) is 0. The number of hydrogen-bond donors (Lipinski definition) is 0. The van der Waals surface area contributed by atoms with Crippen LogP contribution in [0.3, 0.4) is 0 Å². The number of thioether (sulfide) groups is 1. The number of amides is 1. The number of nitrogens with zero attached hydrogens (tertiary/aromatic N) is 1. The number of ether oxygens (including phenoxy) is 1. The normalized spacial score (nSPS) is 18.6. The highest BCUT2D eigenvalue weighted by Gasteiger charge is 2.31. The zero-order valence-corrected chi connectivity index (χ0v) is 15.1. The molecule has 0 aromatic heterocycles. The van der Waals surface area contributed by atoms with Gasteiger partial charge < -0.3 is 4.74 Å². The quantitative estimate of drug-likeness (QED) is 0.526. The van der Waals surface area contributed by atoms with Crippen LogP contribution >= 0.6 is 11.8 Å². The van der Waals surface area contributed by atoms with Crippen LogP contribution in [-0.4, -0.2) is 30.5 Å². The van der Waals surface area contributed by atoms with Crippen molar-refractivity contribution in [3.63, 3.8) is 0 Å². The molecule has 1 heterocycles. The molecule has 142 valence electrons. The predicted molar refractivity (Wildman–Crippen MR) is 91.7 cm³/mol. The Labute approximate surface area is 153 Å². The van der Waals surface area contributed by atoms with Gasteiger partial charge in [-0.1, -0.05) is 0 Å². The Hall–Kier alpha value is -1.70. The number of rotatable bonds is 5. The maximum absolute atomic E-state index is 14.4. The van der Waals surface area contributed by atoms with Crippen molar-refractivity contribution in [2.24, 2.45) is 0 Å². The summed E-state index contributed by atoms with van der Waals surface area (Å²) >= 11 is 0.586. The minimum Gasteiger partial charge on any atom is -0.493 e. The van der Waals surface area contributed by atoms with E-state index in [0.29, 0.717) is 28.0 Å². The van der Waals surface area contributed by atoms with E-state index in [4.69, 9.17) is 4.74 Å². The van der Waals surface area contributed by atoms with Crippen LogP contribution in [0.5, 0.6) is 0 Å². The van der Waals surface area contributed by atoms with Crippen LogP contribution in [0.4, 0.5) is 23.2 Å². The van der Waals surface area contributed by atoms with Crippen LogP contribution in [0.2, 0.25) is 0 Å². The number of halogens is 4. The van der Waals surface area contributed by atoms with Gasteiger partial charge in [0, 0.05) is 11.0 Å². The average Bonchev–Trinajstić information content (AvgIpc) is 3.16. The maximum Gasteiger partial charge on any atom is 0.398 e. The van der Waals surface area contributed by atoms with Crippen LogP contribution in [0.25, 0.3) is 0 Å². The van der Waals surface area contributed by atoms with Crippen molar-refractivity contribution in [3.05, 3.63) is 35.3 Å². The molecule has 0 saturated heterocycles. The third-order valence-corrected chi connectivity index (χ3v) is 5.63. The number of carbonyl (C=O) groups excluding carboxylic acids is 1. The average molecular weight is 389 g/mol. The fourth-order valence-electron chi connectivity index (χ4n) is 3.15. The Morgan fingerprint density at radius 3 is 2.62 bits per heavy atom. The lowest BCUT2D eigenvalue weighted by molar-refractivity contribution is -0.113. The fraction of sp³-hybridized carbons (Fsp3) is 0.500. The molecule has 0 atom stereocenters. The molecule has 1 aromatic carbocycles. The van der Waals surface area contributed by atoms with Crippen molar-refractivity contribution in [2.75, 3.05) is 17.2 Å². The van der Waals surface area contributed by atoms with E-state index in [0.717, 1.165) is 31.7 Å². The number of anilines is 1. The molecule has 1 fully saturated rings. The first-order valence-electron chi connectivity index (χ1n) is 8.41. The summed E-state index contributed by atoms with van der Waals surface area (Å²) in [6, 6.07) is 2.47. The Bertz CT molecular complexity index is 727. The van der Waals surface area contributed by atoms with Gasteiger partial charge in [0.2, 0.25) is 0 Å². The van der Waals surface area contributed by atoms with Gasteiger partial charge in [0.25, 0.3) is 5.91 Å². The summed E-state index contributed by atoms with van der Waals surface area (Å²) in [7, 11) is 0. The van der Waals surface area contributed by atoms with Crippen molar-refractivity contribution < 1.29 is 27.1 Å². The molecule has 1 saturated carbocycles. The van der Waals surface area contributed by atoms with Crippen LogP contribution in [0.15, 0.2) is 28.9 Å². The molecule has 0 radical (unpaired) electrons. The molecular formula is C18H19F4NO2S. The Kier molecular flexibility index (Phi) is 5.50. The summed E-state index contributed by atoms with van der Waals surface area (Å²) in [4.78, 5) is 13.7. The summed E-state index contributed by atoms with van der Waals surface area (Å²) in [5.74, 6) is -1.65. The van der Waals surface area contributed by atoms with Crippen LogP contribution in [0.1, 0.15) is 31.2 Å². The molecule has 2 aliphatic rings. The van der Waals surface area contributed by atoms with E-state index in [1.807, 2.05) is 0 Å². The Morgan fingerprint density at radius 1 is 1.27 bits per heavy atom. The largest absolute Gasteiger partial charge is 0.493 e. The fourth-order valence-corrected chi connectivity index (χ4v) is 3.96. The number of hydrogen-bond acceptors (Lipinski definition) is 3. The second-order valence-electron chi connectivity index (χ2n) is 6.53. The van der Waals surface area contributed by atoms with E-state index in [9.17, 15) is 22.4 Å². The highest BCUT2D eigenvalue weighted by molar-refractivity contribution is 7.99. The van der Waals surface area contributed by atoms with Crippen molar-refractivity contribution in [3.8, 4) is 0 Å². The van der Waals surface area contributed by atoms with Gasteiger partial charge in [0.15, 0.2) is 0 Å². The molecule has 0 spiro atoms. The van der Waals surface area contributed by atoms with E-state index < -0.39 is 23.7 Å². The summed E-state index contributed by atoms with van der Waals surface area (Å²) in [5.41, 5.74) is 0.383. The molecule has 0 unspecified atom stereocenters. The van der Waals surface area contributed by atoms with Crippen LogP contribution < -0.4 is 4.90 Å². The van der Waals surface area contributed by atoms with E-state index in [2.05, 4.69) is 0 Å². The summed E-state index contributed by atoms with van der Waals surface area (Å²) in [6.45, 7) is 1.64. The highest BCUT2D eigenvalue weighted by Crippen LogP contribution is 2.35. The van der Waals surface area contributed by atoms with Crippen molar-refractivity contribution in [1.82, 2.24) is 0 Å². The molecule has 1 aromatic rings. The molecule has 3 nitrogen and oxygen atoms in total. The van der Waals surface area contributed by atoms with Crippen molar-refractivity contribution in [2.45, 2.75) is 49.8 Å². The van der Waals surface area contributed by atoms with Gasteiger partial charge in [0.1, 0.15) is 11.6 Å². The second-order valence-corrected chi connectivity index (χ2v) is 7.55. The maximum atomic E-state index is 14.4. The lowest BCUT2D eigenvalue weighted by atomic mass is 10.2. The third kappa shape index (κ3) is 4.52. The number of benzene rings is 1. The van der Waals surface area contributed by atoms with Gasteiger partial charge in [-0.05, 0) is 50.3 Å².